The number of benzene rings is 1. The number of hydrogen-bond donors (Lipinski definition) is 1. The highest BCUT2D eigenvalue weighted by Gasteiger charge is 2.50. The van der Waals surface area contributed by atoms with Gasteiger partial charge in [-0.25, -0.2) is 9.18 Å². The molecule has 0 bridgehead atoms. The van der Waals surface area contributed by atoms with Crippen LogP contribution in [0, 0.1) is 5.82 Å². The summed E-state index contributed by atoms with van der Waals surface area (Å²) < 4.78 is 13.2. The second-order valence-electron chi connectivity index (χ2n) is 5.76. The number of carbonyl (C=O) groups is 2. The molecule has 1 aromatic heterocycles. The molecule has 1 aliphatic heterocycles. The van der Waals surface area contributed by atoms with Gasteiger partial charge in [-0.15, -0.1) is 0 Å². The number of aromatic nitrogens is 1. The summed E-state index contributed by atoms with van der Waals surface area (Å²) >= 11 is 0. The number of carbonyl (C=O) groups excluding carboxylic acids is 2. The fourth-order valence-corrected chi connectivity index (χ4v) is 2.99. The first kappa shape index (κ1) is 16.1. The number of hydrogen-bond acceptors (Lipinski definition) is 3. The Morgan fingerprint density at radius 3 is 2.42 bits per heavy atom. The van der Waals surface area contributed by atoms with Crippen LogP contribution in [-0.4, -0.2) is 28.4 Å². The van der Waals surface area contributed by atoms with Gasteiger partial charge in [0.05, 0.1) is 0 Å². The molecule has 0 unspecified atom stereocenters. The van der Waals surface area contributed by atoms with Crippen LogP contribution in [0.4, 0.5) is 9.18 Å². The quantitative estimate of drug-likeness (QED) is 0.859. The molecule has 0 saturated carbocycles. The first-order valence-corrected chi connectivity index (χ1v) is 7.86. The zero-order chi connectivity index (χ0) is 17.2. The van der Waals surface area contributed by atoms with Crippen molar-refractivity contribution in [2.75, 3.05) is 6.54 Å². The summed E-state index contributed by atoms with van der Waals surface area (Å²) in [7, 11) is 0. The standard InChI is InChI=1S/C18H18FN3O2/c1-2-18(14-3-5-15(19)6-4-14)16(23)22(17(24)21-18)12-9-13-7-10-20-11-8-13/h3-8,10-11H,2,9,12H2,1H3,(H,21,24)/t18-/m1/s1. The van der Waals surface area contributed by atoms with E-state index in [0.29, 0.717) is 18.4 Å². The predicted molar refractivity (Wildman–Crippen MR) is 86.6 cm³/mol. The van der Waals surface area contributed by atoms with Crippen LogP contribution >= 0.6 is 0 Å². The van der Waals surface area contributed by atoms with Crippen LogP contribution in [0.15, 0.2) is 48.8 Å². The van der Waals surface area contributed by atoms with E-state index in [0.717, 1.165) is 5.56 Å². The molecule has 1 aromatic carbocycles. The Bertz CT molecular complexity index is 749. The van der Waals surface area contributed by atoms with Gasteiger partial charge >= 0.3 is 6.03 Å². The minimum Gasteiger partial charge on any atom is -0.319 e. The van der Waals surface area contributed by atoms with Crippen molar-refractivity contribution in [2.45, 2.75) is 25.3 Å². The fourth-order valence-electron chi connectivity index (χ4n) is 2.99. The van der Waals surface area contributed by atoms with Crippen molar-refractivity contribution < 1.29 is 14.0 Å². The molecule has 3 amide bonds. The summed E-state index contributed by atoms with van der Waals surface area (Å²) in [6, 6.07) is 8.97. The average molecular weight is 327 g/mol. The molecule has 124 valence electrons. The van der Waals surface area contributed by atoms with Crippen molar-refractivity contribution >= 4 is 11.9 Å². The van der Waals surface area contributed by atoms with Crippen LogP contribution in [0.3, 0.4) is 0 Å². The molecule has 1 fully saturated rings. The van der Waals surface area contributed by atoms with E-state index in [-0.39, 0.29) is 18.3 Å². The van der Waals surface area contributed by atoms with Crippen LogP contribution in [0.2, 0.25) is 0 Å². The molecular weight excluding hydrogens is 309 g/mol. The highest BCUT2D eigenvalue weighted by atomic mass is 19.1. The van der Waals surface area contributed by atoms with Crippen LogP contribution in [0.5, 0.6) is 0 Å². The third-order valence-corrected chi connectivity index (χ3v) is 4.42. The highest BCUT2D eigenvalue weighted by molar-refractivity contribution is 6.07. The van der Waals surface area contributed by atoms with Crippen molar-refractivity contribution in [1.29, 1.82) is 0 Å². The number of pyridine rings is 1. The number of urea groups is 1. The normalized spacial score (nSPS) is 20.3. The van der Waals surface area contributed by atoms with Gasteiger partial charge in [-0.2, -0.15) is 0 Å². The second kappa shape index (κ2) is 6.39. The third-order valence-electron chi connectivity index (χ3n) is 4.42. The smallest absolute Gasteiger partial charge is 0.319 e. The molecule has 1 atom stereocenters. The number of imide groups is 1. The van der Waals surface area contributed by atoms with Crippen molar-refractivity contribution in [3.8, 4) is 0 Å². The van der Waals surface area contributed by atoms with Gasteiger partial charge in [-0.1, -0.05) is 19.1 Å². The van der Waals surface area contributed by atoms with Gasteiger partial charge in [0.25, 0.3) is 5.91 Å². The van der Waals surface area contributed by atoms with Crippen molar-refractivity contribution in [1.82, 2.24) is 15.2 Å². The Hall–Kier alpha value is -2.76. The summed E-state index contributed by atoms with van der Waals surface area (Å²) in [6.45, 7) is 2.12. The number of nitrogens with zero attached hydrogens (tertiary/aromatic N) is 2. The Kier molecular flexibility index (Phi) is 4.29. The molecule has 0 aliphatic carbocycles. The second-order valence-corrected chi connectivity index (χ2v) is 5.76. The molecule has 3 rings (SSSR count). The van der Waals surface area contributed by atoms with Crippen LogP contribution < -0.4 is 5.32 Å². The zero-order valence-electron chi connectivity index (χ0n) is 13.3. The molecule has 2 aromatic rings. The maximum Gasteiger partial charge on any atom is 0.325 e. The monoisotopic (exact) mass is 327 g/mol. The van der Waals surface area contributed by atoms with Crippen LogP contribution in [-0.2, 0) is 16.8 Å². The summed E-state index contributed by atoms with van der Waals surface area (Å²) in [6.07, 6.45) is 4.31. The van der Waals surface area contributed by atoms with Crippen LogP contribution in [0.25, 0.3) is 0 Å². The first-order chi connectivity index (χ1) is 11.6. The summed E-state index contributed by atoms with van der Waals surface area (Å²) in [5.41, 5.74) is 0.473. The Balaban J connectivity index is 1.82. The molecule has 24 heavy (non-hydrogen) atoms. The lowest BCUT2D eigenvalue weighted by atomic mass is 9.87. The predicted octanol–water partition coefficient (Wildman–Crippen LogP) is 2.62. The minimum absolute atomic E-state index is 0.289. The van der Waals surface area contributed by atoms with E-state index in [1.807, 2.05) is 19.1 Å². The number of nitrogens with one attached hydrogen (secondary N) is 1. The lowest BCUT2D eigenvalue weighted by molar-refractivity contribution is -0.131. The molecule has 1 saturated heterocycles. The SMILES string of the molecule is CC[C@]1(c2ccc(F)cc2)NC(=O)N(CCc2ccncc2)C1=O. The average Bonchev–Trinajstić information content (AvgIpc) is 2.85. The van der Waals surface area contributed by atoms with Gasteiger partial charge < -0.3 is 5.32 Å². The van der Waals surface area contributed by atoms with Gasteiger partial charge in [-0.05, 0) is 48.2 Å². The molecule has 2 heterocycles. The van der Waals surface area contributed by atoms with Crippen molar-refractivity contribution in [3.63, 3.8) is 0 Å². The van der Waals surface area contributed by atoms with E-state index >= 15 is 0 Å². The summed E-state index contributed by atoms with van der Waals surface area (Å²) in [5, 5.41) is 2.79. The maximum atomic E-state index is 13.2. The molecule has 0 radical (unpaired) electrons. The number of halogens is 1. The van der Waals surface area contributed by atoms with E-state index in [2.05, 4.69) is 10.3 Å². The number of amides is 3. The van der Waals surface area contributed by atoms with E-state index in [9.17, 15) is 14.0 Å². The number of rotatable bonds is 5. The largest absolute Gasteiger partial charge is 0.325 e. The van der Waals surface area contributed by atoms with E-state index < -0.39 is 11.6 Å². The van der Waals surface area contributed by atoms with Gasteiger partial charge in [0.2, 0.25) is 0 Å². The van der Waals surface area contributed by atoms with E-state index in [4.69, 9.17) is 0 Å². The van der Waals surface area contributed by atoms with E-state index in [1.165, 1.54) is 17.0 Å². The van der Waals surface area contributed by atoms with Gasteiger partial charge in [0.15, 0.2) is 0 Å². The molecule has 0 spiro atoms. The fraction of sp³-hybridized carbons (Fsp3) is 0.278. The van der Waals surface area contributed by atoms with Gasteiger partial charge in [-0.3, -0.25) is 14.7 Å². The first-order valence-electron chi connectivity index (χ1n) is 7.86. The Labute approximate surface area is 139 Å². The molecule has 5 nitrogen and oxygen atoms in total. The van der Waals surface area contributed by atoms with Crippen molar-refractivity contribution in [3.05, 3.63) is 65.7 Å². The third kappa shape index (κ3) is 2.75. The van der Waals surface area contributed by atoms with Gasteiger partial charge in [0, 0.05) is 18.9 Å². The Morgan fingerprint density at radius 1 is 1.12 bits per heavy atom. The van der Waals surface area contributed by atoms with Crippen LogP contribution in [0.1, 0.15) is 24.5 Å². The molecule has 1 N–H and O–H groups in total. The van der Waals surface area contributed by atoms with Gasteiger partial charge in [0.1, 0.15) is 11.4 Å². The van der Waals surface area contributed by atoms with E-state index in [1.54, 1.807) is 24.5 Å². The minimum atomic E-state index is -1.12. The highest BCUT2D eigenvalue weighted by Crippen LogP contribution is 2.32. The lowest BCUT2D eigenvalue weighted by Gasteiger charge is -2.25. The molecule has 1 aliphatic rings. The lowest BCUT2D eigenvalue weighted by Crippen LogP contribution is -2.43. The maximum absolute atomic E-state index is 13.2. The zero-order valence-corrected chi connectivity index (χ0v) is 13.3. The topological polar surface area (TPSA) is 62.3 Å². The summed E-state index contributed by atoms with van der Waals surface area (Å²) in [5.74, 6) is -0.674. The van der Waals surface area contributed by atoms with Crippen molar-refractivity contribution in [2.24, 2.45) is 0 Å². The molecule has 6 heteroatoms. The molecular formula is C18H18FN3O2. The summed E-state index contributed by atoms with van der Waals surface area (Å²) in [4.78, 5) is 30.4. The Morgan fingerprint density at radius 2 is 1.79 bits per heavy atom.